The monoisotopic (exact) mass is 1290 g/mol. The van der Waals surface area contributed by atoms with Crippen LogP contribution in [0.1, 0.15) is 189 Å². The molecule has 15 rings (SSSR count). The van der Waals surface area contributed by atoms with Gasteiger partial charge < -0.3 is 45.9 Å². The standard InChI is InChI=1S/C80H91N3O9S.Na/c1-49(2)18-20-55-25-24-54-14-7-8-17-68(54)72(55)44-74(86)56-26-22-53(23-27-56)60-16-10-36-79(87,46-60)64(37-51-11-5-4-6-12-51)47-80(83-78(81)82)63-30-28-57(29-31-63)76-61-39-62(77-70-34-32-65(85)40-58(70)15-9-13-52(48-84)38-67(42-61)91-77)43-73(76)75(93(88,89)90)45-71-50(3)19-21-59-41-66(92-80)33-35-69(59)71;/h4-8,11-12,14,17,22-35,40-41,43,49-50,52,60-61,64,67,71,73-77,84-87H,10,13,16,18-21,36-39,42,44-48H2,1-3H3,(H4,81,82,83)(H,88,89,90);/q;+1/p-1. The third-order valence-corrected chi connectivity index (χ3v) is 23.5. The van der Waals surface area contributed by atoms with Gasteiger partial charge in [0.2, 0.25) is 5.72 Å². The molecule has 3 aliphatic carbocycles. The van der Waals surface area contributed by atoms with Crippen molar-refractivity contribution in [2.24, 2.45) is 52.0 Å². The minimum absolute atomic E-state index is 0. The number of aliphatic hydroxyl groups excluding tert-OH is 2. The van der Waals surface area contributed by atoms with Gasteiger partial charge in [-0.1, -0.05) is 166 Å². The van der Waals surface area contributed by atoms with Crippen molar-refractivity contribution in [2.75, 3.05) is 6.61 Å². The quantitative estimate of drug-likeness (QED) is 0.0142. The number of hydrogen-bond donors (Lipinski definition) is 6. The average molecular weight is 1290 g/mol. The molecule has 0 aromatic heterocycles. The number of aliphatic imine (C=N–C) groups is 1. The van der Waals surface area contributed by atoms with Crippen LogP contribution in [0.5, 0.6) is 11.5 Å². The van der Waals surface area contributed by atoms with E-state index in [9.17, 15) is 33.4 Å². The summed E-state index contributed by atoms with van der Waals surface area (Å²) in [5.74, 6) is 5.19. The summed E-state index contributed by atoms with van der Waals surface area (Å²) in [5, 5.41) is 48.4. The van der Waals surface area contributed by atoms with Crippen LogP contribution in [-0.4, -0.2) is 62.9 Å². The van der Waals surface area contributed by atoms with Crippen LogP contribution in [-0.2, 0) is 46.3 Å². The predicted octanol–water partition coefficient (Wildman–Crippen LogP) is 11.2. The van der Waals surface area contributed by atoms with Crippen molar-refractivity contribution >= 4 is 26.9 Å². The molecule has 5 heterocycles. The molecule has 7 aromatic carbocycles. The predicted molar refractivity (Wildman–Crippen MR) is 365 cm³/mol. The molecule has 0 amide bonds. The molecule has 14 heteroatoms. The van der Waals surface area contributed by atoms with E-state index in [2.05, 4.69) is 105 Å². The molecule has 10 bridgehead atoms. The van der Waals surface area contributed by atoms with Gasteiger partial charge in [-0.2, -0.15) is 0 Å². The third kappa shape index (κ3) is 14.4. The molecule has 0 spiro atoms. The zero-order valence-corrected chi connectivity index (χ0v) is 57.7. The number of ether oxygens (including phenoxy) is 2. The number of aryl methyl sites for hydroxylation is 2. The molecule has 0 radical (unpaired) electrons. The van der Waals surface area contributed by atoms with Crippen molar-refractivity contribution in [1.82, 2.24) is 0 Å². The van der Waals surface area contributed by atoms with E-state index in [1.54, 1.807) is 12.1 Å². The topological polar surface area (TPSA) is 221 Å². The van der Waals surface area contributed by atoms with E-state index in [4.69, 9.17) is 25.9 Å². The molecule has 5 aliphatic heterocycles. The van der Waals surface area contributed by atoms with Crippen LogP contribution < -0.4 is 45.8 Å². The molecule has 8 aliphatic rings. The maximum atomic E-state index is 14.4. The number of rotatable bonds is 15. The molecule has 7 aromatic rings. The number of nitrogens with two attached hydrogens (primary N) is 2. The maximum Gasteiger partial charge on any atom is 1.00 e. The van der Waals surface area contributed by atoms with Crippen LogP contribution in [0.15, 0.2) is 168 Å². The second-order valence-electron chi connectivity index (χ2n) is 28.8. The number of guanidine groups is 1. The summed E-state index contributed by atoms with van der Waals surface area (Å²) >= 11 is 0. The Bertz CT molecular complexity index is 4090. The molecule has 14 unspecified atom stereocenters. The van der Waals surface area contributed by atoms with E-state index < -0.39 is 56.7 Å². The van der Waals surface area contributed by atoms with E-state index in [0.29, 0.717) is 80.6 Å². The second kappa shape index (κ2) is 28.4. The second-order valence-corrected chi connectivity index (χ2v) is 30.4. The summed E-state index contributed by atoms with van der Waals surface area (Å²) in [7, 11) is -4.97. The Hall–Kier alpha value is -6.28. The first-order chi connectivity index (χ1) is 44.8. The number of fused-ring (bicyclic) bond motifs is 9. The summed E-state index contributed by atoms with van der Waals surface area (Å²) in [5.41, 5.74) is 21.7. The fourth-order valence-corrected chi connectivity index (χ4v) is 18.5. The molecule has 1 saturated heterocycles. The summed E-state index contributed by atoms with van der Waals surface area (Å²) in [4.78, 5) is 5.20. The van der Waals surface area contributed by atoms with Crippen molar-refractivity contribution in [1.29, 1.82) is 0 Å². The summed E-state index contributed by atoms with van der Waals surface area (Å²) in [6.45, 7) is 6.57. The van der Waals surface area contributed by atoms with Crippen molar-refractivity contribution in [3.05, 3.63) is 225 Å². The molecular weight excluding hydrogens is 1200 g/mol. The first kappa shape index (κ1) is 67.7. The SMILES string of the molecule is CC(C)CCc1ccc2ccccc2c1CC(O)c1ccc(C2CCCC(O)(C(Cc3ccccc3)CC3(N=C(N)N)Oc4ccc5c(c4)CCC(C)C5CC(S(=O)(=O)[O-])C4C=C5CC(CC6CC(CO)CC#Cc7cc(O)ccc7C5O6)C4c4ccc3cc4)C2)cc1.[Na+]. The Labute approximate surface area is 577 Å². The maximum absolute atomic E-state index is 14.4. The Morgan fingerprint density at radius 3 is 2.36 bits per heavy atom. The fraction of sp³-hybridized carbons (Fsp3) is 0.438. The number of phenols is 1. The zero-order chi connectivity index (χ0) is 64.8. The van der Waals surface area contributed by atoms with Crippen molar-refractivity contribution in [3.8, 4) is 23.3 Å². The molecule has 94 heavy (non-hydrogen) atoms. The third-order valence-electron chi connectivity index (χ3n) is 22.2. The Kier molecular flexibility index (Phi) is 20.5. The van der Waals surface area contributed by atoms with Crippen molar-refractivity contribution in [2.45, 2.75) is 176 Å². The van der Waals surface area contributed by atoms with Gasteiger partial charge in [0, 0.05) is 42.6 Å². The fourth-order valence-electron chi connectivity index (χ4n) is 17.4. The van der Waals surface area contributed by atoms with E-state index in [-0.39, 0.29) is 96.4 Å². The van der Waals surface area contributed by atoms with Gasteiger partial charge in [-0.3, -0.25) is 0 Å². The first-order valence-electron chi connectivity index (χ1n) is 34.1. The molecule has 14 atom stereocenters. The van der Waals surface area contributed by atoms with Gasteiger partial charge in [0.15, 0.2) is 5.96 Å². The Morgan fingerprint density at radius 2 is 1.61 bits per heavy atom. The Balaban J connectivity index is 0.00000848. The minimum atomic E-state index is -4.97. The summed E-state index contributed by atoms with van der Waals surface area (Å²) in [6.07, 6.45) is 9.76. The number of phenolic OH excluding ortho intramolecular Hbond substituents is 1. The smallest absolute Gasteiger partial charge is 0.748 e. The van der Waals surface area contributed by atoms with Gasteiger partial charge in [0.1, 0.15) is 17.6 Å². The van der Waals surface area contributed by atoms with Crippen molar-refractivity contribution in [3.63, 3.8) is 0 Å². The number of allylic oxidation sites excluding steroid dienone is 1. The largest absolute Gasteiger partial charge is 1.00 e. The van der Waals surface area contributed by atoms with E-state index in [0.717, 1.165) is 76.6 Å². The Morgan fingerprint density at radius 1 is 0.851 bits per heavy atom. The number of aromatic hydroxyl groups is 1. The van der Waals surface area contributed by atoms with Gasteiger partial charge in [-0.05, 0) is 222 Å². The van der Waals surface area contributed by atoms with Gasteiger partial charge in [0.25, 0.3) is 0 Å². The minimum Gasteiger partial charge on any atom is -0.748 e. The van der Waals surface area contributed by atoms with Crippen LogP contribution in [0.2, 0.25) is 0 Å². The molecule has 8 N–H and O–H groups in total. The average Bonchev–Trinajstić information content (AvgIpc) is 1.19. The van der Waals surface area contributed by atoms with Gasteiger partial charge >= 0.3 is 29.6 Å². The van der Waals surface area contributed by atoms with E-state index in [1.165, 1.54) is 21.9 Å². The zero-order valence-electron chi connectivity index (χ0n) is 54.9. The van der Waals surface area contributed by atoms with Gasteiger partial charge in [-0.25, -0.2) is 13.4 Å². The first-order valence-corrected chi connectivity index (χ1v) is 35.6. The molecule has 12 nitrogen and oxygen atoms in total. The van der Waals surface area contributed by atoms with Crippen LogP contribution in [0.3, 0.4) is 0 Å². The van der Waals surface area contributed by atoms with Crippen LogP contribution in [0.4, 0.5) is 0 Å². The molecule has 486 valence electrons. The van der Waals surface area contributed by atoms with E-state index >= 15 is 0 Å². The van der Waals surface area contributed by atoms with Crippen LogP contribution in [0.25, 0.3) is 10.8 Å². The number of benzene rings is 7. The molecule has 2 fully saturated rings. The van der Waals surface area contributed by atoms with Gasteiger partial charge in [0.05, 0.1) is 33.2 Å². The van der Waals surface area contributed by atoms with Crippen LogP contribution in [0, 0.1) is 47.3 Å². The normalized spacial score (nSPS) is 27.9. The molecule has 1 saturated carbocycles. The van der Waals surface area contributed by atoms with Crippen LogP contribution >= 0.6 is 0 Å². The summed E-state index contributed by atoms with van der Waals surface area (Å²) in [6, 6.07) is 50.7. The number of aliphatic hydroxyl groups is 3. The number of nitrogens with zero attached hydrogens (tertiary/aromatic N) is 1. The van der Waals surface area contributed by atoms with Crippen molar-refractivity contribution < 1.29 is 72.4 Å². The number of hydrogen-bond acceptors (Lipinski definition) is 10. The van der Waals surface area contributed by atoms with Gasteiger partial charge in [-0.15, -0.1) is 0 Å². The molecular formula is C80H90N3NaO9S. The summed E-state index contributed by atoms with van der Waals surface area (Å²) < 4.78 is 58.0. The van der Waals surface area contributed by atoms with E-state index in [1.807, 2.05) is 72.8 Å².